The number of nitrogens with zero attached hydrogens (tertiary/aromatic N) is 4. The highest BCUT2D eigenvalue weighted by molar-refractivity contribution is 5.84. The largest absolute Gasteiger partial charge is 0.493 e. The fraction of sp³-hybridized carbons (Fsp3) is 0.357. The highest BCUT2D eigenvalue weighted by Gasteiger charge is 2.45. The van der Waals surface area contributed by atoms with Gasteiger partial charge in [-0.25, -0.2) is 15.0 Å². The van der Waals surface area contributed by atoms with E-state index in [1.165, 1.54) is 10.9 Å². The first kappa shape index (κ1) is 28.2. The molecule has 2 aromatic heterocycles. The molecule has 13 nitrogen and oxygen atoms in total. The van der Waals surface area contributed by atoms with E-state index in [1.807, 2.05) is 48.5 Å². The third-order valence-electron chi connectivity index (χ3n) is 6.96. The van der Waals surface area contributed by atoms with E-state index >= 15 is 0 Å². The Morgan fingerprint density at radius 3 is 2.61 bits per heavy atom. The van der Waals surface area contributed by atoms with Gasteiger partial charge in [0.15, 0.2) is 23.2 Å². The van der Waals surface area contributed by atoms with Crippen molar-refractivity contribution >= 4 is 28.8 Å². The average Bonchev–Trinajstić information content (AvgIpc) is 3.49. The standard InChI is InChI=1S/C28H33N7O6/c29-21(37)8-4-5-11-40-19-12-17(16-6-2-1-3-7-16)9-10-18(19)13-31-28-34-22-25(30)32-15-33-26(22)35(28)27-24(39)23(38)20(14-36)41-27/h1-3,6-7,9-10,12,15,20,23-24,27,36,38-39H,4-5,8,11,13-14H2,(H2,29,37)(H,31,34)(H2,30,32,33)/t20-,23?,24?,27-/m1/s1. The first-order valence-electron chi connectivity index (χ1n) is 13.3. The van der Waals surface area contributed by atoms with E-state index in [-0.39, 0.29) is 29.7 Å². The van der Waals surface area contributed by atoms with Crippen molar-refractivity contribution in [3.8, 4) is 16.9 Å². The number of nitrogens with two attached hydrogens (primary N) is 2. The second-order valence-corrected chi connectivity index (χ2v) is 9.78. The van der Waals surface area contributed by atoms with E-state index in [1.54, 1.807) is 0 Å². The van der Waals surface area contributed by atoms with Crippen LogP contribution in [0.4, 0.5) is 11.8 Å². The number of fused-ring (bicyclic) bond motifs is 1. The lowest BCUT2D eigenvalue weighted by molar-refractivity contribution is -0.118. The summed E-state index contributed by atoms with van der Waals surface area (Å²) < 4.78 is 13.4. The molecule has 13 heteroatoms. The topological polar surface area (TPSA) is 204 Å². The maximum atomic E-state index is 11.1. The smallest absolute Gasteiger partial charge is 0.217 e. The predicted molar refractivity (Wildman–Crippen MR) is 150 cm³/mol. The number of imidazole rings is 1. The van der Waals surface area contributed by atoms with Crippen LogP contribution in [0, 0.1) is 0 Å². The Morgan fingerprint density at radius 1 is 1.07 bits per heavy atom. The molecule has 1 saturated heterocycles. The molecule has 1 aliphatic heterocycles. The molecule has 2 aromatic carbocycles. The number of carbonyl (C=O) groups is 1. The number of rotatable bonds is 12. The first-order chi connectivity index (χ1) is 19.9. The SMILES string of the molecule is NC(=O)CCCCOc1cc(-c2ccccc2)ccc1CNc1nc2c(N)ncnc2n1[C@@H]1O[C@H](CO)C(O)C1O. The minimum Gasteiger partial charge on any atom is -0.493 e. The Hall–Kier alpha value is -4.30. The van der Waals surface area contributed by atoms with Gasteiger partial charge in [-0.05, 0) is 30.0 Å². The second kappa shape index (κ2) is 12.5. The van der Waals surface area contributed by atoms with Crippen molar-refractivity contribution in [2.24, 2.45) is 5.73 Å². The normalized spacial score (nSPS) is 20.4. The number of amides is 1. The van der Waals surface area contributed by atoms with Crippen molar-refractivity contribution in [2.75, 3.05) is 24.3 Å². The monoisotopic (exact) mass is 563 g/mol. The molecule has 3 heterocycles. The molecule has 8 N–H and O–H groups in total. The molecule has 0 bridgehead atoms. The Labute approximate surface area is 235 Å². The van der Waals surface area contributed by atoms with Crippen molar-refractivity contribution in [1.82, 2.24) is 19.5 Å². The van der Waals surface area contributed by atoms with E-state index in [0.29, 0.717) is 37.3 Å². The van der Waals surface area contributed by atoms with Crippen molar-refractivity contribution in [2.45, 2.75) is 50.3 Å². The van der Waals surface area contributed by atoms with Crippen LogP contribution < -0.4 is 21.5 Å². The van der Waals surface area contributed by atoms with Gasteiger partial charge in [0.2, 0.25) is 11.9 Å². The average molecular weight is 564 g/mol. The lowest BCUT2D eigenvalue weighted by atomic mass is 10.0. The number of nitrogens with one attached hydrogen (secondary N) is 1. The summed E-state index contributed by atoms with van der Waals surface area (Å²) in [6, 6.07) is 15.8. The zero-order valence-corrected chi connectivity index (χ0v) is 22.3. The number of hydrogen-bond acceptors (Lipinski definition) is 11. The molecular formula is C28H33N7O6. The van der Waals surface area contributed by atoms with Crippen LogP contribution in [-0.4, -0.2) is 72.3 Å². The number of hydrogen-bond donors (Lipinski definition) is 6. The van der Waals surface area contributed by atoms with Gasteiger partial charge in [-0.1, -0.05) is 42.5 Å². The predicted octanol–water partition coefficient (Wildman–Crippen LogP) is 1.33. The molecule has 2 unspecified atom stereocenters. The van der Waals surface area contributed by atoms with Crippen LogP contribution in [0.25, 0.3) is 22.3 Å². The van der Waals surface area contributed by atoms with Crippen LogP contribution in [0.3, 0.4) is 0 Å². The molecule has 41 heavy (non-hydrogen) atoms. The molecule has 5 rings (SSSR count). The molecule has 1 amide bonds. The number of nitrogen functional groups attached to an aromatic ring is 1. The molecule has 1 fully saturated rings. The van der Waals surface area contributed by atoms with Crippen LogP contribution in [0.15, 0.2) is 54.9 Å². The number of aliphatic hydroxyl groups excluding tert-OH is 3. The number of ether oxygens (including phenoxy) is 2. The molecule has 4 aromatic rings. The van der Waals surface area contributed by atoms with Crippen molar-refractivity contribution in [3.05, 3.63) is 60.4 Å². The lowest BCUT2D eigenvalue weighted by Crippen LogP contribution is -2.33. The van der Waals surface area contributed by atoms with E-state index in [2.05, 4.69) is 20.3 Å². The first-order valence-corrected chi connectivity index (χ1v) is 13.3. The Morgan fingerprint density at radius 2 is 1.88 bits per heavy atom. The summed E-state index contributed by atoms with van der Waals surface area (Å²) in [4.78, 5) is 23.9. The van der Waals surface area contributed by atoms with Gasteiger partial charge >= 0.3 is 0 Å². The number of aliphatic hydroxyl groups is 3. The van der Waals surface area contributed by atoms with Crippen LogP contribution >= 0.6 is 0 Å². The fourth-order valence-corrected chi connectivity index (χ4v) is 4.79. The minimum atomic E-state index is -1.36. The maximum absolute atomic E-state index is 11.1. The highest BCUT2D eigenvalue weighted by atomic mass is 16.6. The Bertz CT molecular complexity index is 1500. The van der Waals surface area contributed by atoms with Gasteiger partial charge in [0.25, 0.3) is 0 Å². The van der Waals surface area contributed by atoms with Gasteiger partial charge in [-0.2, -0.15) is 0 Å². The molecule has 4 atom stereocenters. The summed E-state index contributed by atoms with van der Waals surface area (Å²) in [5.74, 6) is 0.702. The third-order valence-corrected chi connectivity index (χ3v) is 6.96. The van der Waals surface area contributed by atoms with Gasteiger partial charge in [0.1, 0.15) is 30.4 Å². The van der Waals surface area contributed by atoms with Gasteiger partial charge in [0, 0.05) is 18.5 Å². The zero-order valence-electron chi connectivity index (χ0n) is 22.3. The molecule has 0 aliphatic carbocycles. The quantitative estimate of drug-likeness (QED) is 0.136. The summed E-state index contributed by atoms with van der Waals surface area (Å²) in [5, 5.41) is 34.0. The van der Waals surface area contributed by atoms with E-state index < -0.39 is 31.1 Å². The number of primary amides is 1. The van der Waals surface area contributed by atoms with Crippen LogP contribution in [-0.2, 0) is 16.1 Å². The van der Waals surface area contributed by atoms with Gasteiger partial charge < -0.3 is 41.6 Å². The molecule has 0 spiro atoms. The molecular weight excluding hydrogens is 530 g/mol. The molecule has 1 aliphatic rings. The number of unbranched alkanes of at least 4 members (excludes halogenated alkanes) is 1. The molecule has 0 saturated carbocycles. The maximum Gasteiger partial charge on any atom is 0.217 e. The van der Waals surface area contributed by atoms with Gasteiger partial charge in [0.05, 0.1) is 13.2 Å². The van der Waals surface area contributed by atoms with E-state index in [4.69, 9.17) is 20.9 Å². The second-order valence-electron chi connectivity index (χ2n) is 9.78. The Balaban J connectivity index is 1.44. The fourth-order valence-electron chi connectivity index (χ4n) is 4.79. The lowest BCUT2D eigenvalue weighted by Gasteiger charge is -2.20. The highest BCUT2D eigenvalue weighted by Crippen LogP contribution is 2.36. The number of carbonyl (C=O) groups excluding carboxylic acids is 1. The van der Waals surface area contributed by atoms with Crippen molar-refractivity contribution in [3.63, 3.8) is 0 Å². The number of aromatic nitrogens is 4. The van der Waals surface area contributed by atoms with E-state index in [9.17, 15) is 20.1 Å². The van der Waals surface area contributed by atoms with E-state index in [0.717, 1.165) is 16.7 Å². The van der Waals surface area contributed by atoms with Crippen LogP contribution in [0.5, 0.6) is 5.75 Å². The molecule has 216 valence electrons. The van der Waals surface area contributed by atoms with Crippen molar-refractivity contribution in [1.29, 1.82) is 0 Å². The summed E-state index contributed by atoms with van der Waals surface area (Å²) in [6.07, 6.45) is -1.90. The molecule has 0 radical (unpaired) electrons. The number of benzene rings is 2. The minimum absolute atomic E-state index is 0.135. The Kier molecular flexibility index (Phi) is 8.59. The third kappa shape index (κ3) is 6.07. The van der Waals surface area contributed by atoms with Gasteiger partial charge in [-0.15, -0.1) is 0 Å². The zero-order chi connectivity index (χ0) is 28.9. The van der Waals surface area contributed by atoms with Gasteiger partial charge in [-0.3, -0.25) is 9.36 Å². The summed E-state index contributed by atoms with van der Waals surface area (Å²) >= 11 is 0. The summed E-state index contributed by atoms with van der Waals surface area (Å²) in [6.45, 7) is 0.179. The van der Waals surface area contributed by atoms with Crippen LogP contribution in [0.2, 0.25) is 0 Å². The van der Waals surface area contributed by atoms with Crippen molar-refractivity contribution < 1.29 is 29.6 Å². The van der Waals surface area contributed by atoms with Crippen LogP contribution in [0.1, 0.15) is 31.1 Å². The summed E-state index contributed by atoms with van der Waals surface area (Å²) in [7, 11) is 0. The summed E-state index contributed by atoms with van der Waals surface area (Å²) in [5.41, 5.74) is 14.7. The number of anilines is 2.